The number of hydrogen-bond acceptors (Lipinski definition) is 3. The average Bonchev–Trinajstić information content (AvgIpc) is 2.04. The zero-order valence-electron chi connectivity index (χ0n) is 7.52. The number of aliphatic hydroxyl groups is 1. The average molecular weight is 181 g/mol. The molecule has 0 saturated carbocycles. The zero-order valence-corrected chi connectivity index (χ0v) is 7.52. The molecule has 0 radical (unpaired) electrons. The number of aliphatic hydroxyl groups excluding tert-OH is 1. The molecule has 0 aromatic heterocycles. The first-order chi connectivity index (χ1) is 6.02. The number of rotatable bonds is 2. The number of benzene rings is 1. The Bertz CT molecular complexity index is 334. The lowest BCUT2D eigenvalue weighted by atomic mass is 10.0. The van der Waals surface area contributed by atoms with E-state index in [1.54, 1.807) is 13.0 Å². The van der Waals surface area contributed by atoms with E-state index in [1.165, 1.54) is 12.1 Å². The number of nitro benzene ring substituents is 1. The fraction of sp³-hybridized carbons (Fsp3) is 0.333. The predicted octanol–water partition coefficient (Wildman–Crippen LogP) is 1.96. The molecule has 0 saturated heterocycles. The second kappa shape index (κ2) is 3.53. The van der Waals surface area contributed by atoms with Crippen LogP contribution in [0.1, 0.15) is 24.2 Å². The van der Waals surface area contributed by atoms with Gasteiger partial charge < -0.3 is 5.11 Å². The molecule has 0 heterocycles. The molecule has 1 rings (SSSR count). The maximum Gasteiger partial charge on any atom is 0.269 e. The molecule has 1 aromatic rings. The Hall–Kier alpha value is -1.42. The normalized spacial score (nSPS) is 12.5. The van der Waals surface area contributed by atoms with Crippen LogP contribution in [-0.4, -0.2) is 10.0 Å². The van der Waals surface area contributed by atoms with E-state index in [1.807, 2.05) is 6.92 Å². The largest absolute Gasteiger partial charge is 0.389 e. The highest BCUT2D eigenvalue weighted by Crippen LogP contribution is 2.22. The van der Waals surface area contributed by atoms with E-state index in [9.17, 15) is 15.2 Å². The van der Waals surface area contributed by atoms with Gasteiger partial charge in [-0.05, 0) is 25.0 Å². The first-order valence-corrected chi connectivity index (χ1v) is 3.95. The minimum atomic E-state index is -0.667. The lowest BCUT2D eigenvalue weighted by molar-refractivity contribution is -0.385. The minimum Gasteiger partial charge on any atom is -0.389 e. The van der Waals surface area contributed by atoms with Crippen LogP contribution < -0.4 is 0 Å². The third kappa shape index (κ3) is 2.03. The minimum absolute atomic E-state index is 0.0153. The highest BCUT2D eigenvalue weighted by Gasteiger charge is 2.11. The quantitative estimate of drug-likeness (QED) is 0.560. The summed E-state index contributed by atoms with van der Waals surface area (Å²) in [5, 5.41) is 19.7. The molecule has 0 unspecified atom stereocenters. The second-order valence-corrected chi connectivity index (χ2v) is 2.97. The molecule has 4 nitrogen and oxygen atoms in total. The van der Waals surface area contributed by atoms with E-state index in [2.05, 4.69) is 0 Å². The summed E-state index contributed by atoms with van der Waals surface area (Å²) in [6, 6.07) is 4.47. The molecule has 70 valence electrons. The molecular formula is C9H11NO3. The van der Waals surface area contributed by atoms with Gasteiger partial charge in [-0.1, -0.05) is 6.07 Å². The number of hydrogen-bond donors (Lipinski definition) is 1. The van der Waals surface area contributed by atoms with Crippen molar-refractivity contribution in [1.82, 2.24) is 0 Å². The van der Waals surface area contributed by atoms with E-state index < -0.39 is 11.0 Å². The van der Waals surface area contributed by atoms with E-state index in [4.69, 9.17) is 0 Å². The van der Waals surface area contributed by atoms with Gasteiger partial charge in [0.05, 0.1) is 11.0 Å². The highest BCUT2D eigenvalue weighted by atomic mass is 16.6. The molecule has 0 amide bonds. The van der Waals surface area contributed by atoms with E-state index in [-0.39, 0.29) is 5.69 Å². The predicted molar refractivity (Wildman–Crippen MR) is 48.5 cm³/mol. The fourth-order valence-electron chi connectivity index (χ4n) is 1.19. The summed E-state index contributed by atoms with van der Waals surface area (Å²) in [6.07, 6.45) is -0.667. The van der Waals surface area contributed by atoms with Crippen molar-refractivity contribution in [3.05, 3.63) is 39.4 Å². The van der Waals surface area contributed by atoms with Gasteiger partial charge in [0.2, 0.25) is 0 Å². The maximum absolute atomic E-state index is 10.4. The Morgan fingerprint density at radius 1 is 1.54 bits per heavy atom. The van der Waals surface area contributed by atoms with Crippen LogP contribution in [0.25, 0.3) is 0 Å². The molecule has 0 aliphatic rings. The van der Waals surface area contributed by atoms with Gasteiger partial charge in [0, 0.05) is 12.1 Å². The summed E-state index contributed by atoms with van der Waals surface area (Å²) in [7, 11) is 0. The Morgan fingerprint density at radius 3 is 2.62 bits per heavy atom. The van der Waals surface area contributed by atoms with Crippen LogP contribution in [0.2, 0.25) is 0 Å². The van der Waals surface area contributed by atoms with E-state index in [0.717, 1.165) is 5.56 Å². The van der Waals surface area contributed by atoms with Gasteiger partial charge in [0.25, 0.3) is 5.69 Å². The van der Waals surface area contributed by atoms with Gasteiger partial charge in [0.15, 0.2) is 0 Å². The molecule has 13 heavy (non-hydrogen) atoms. The zero-order chi connectivity index (χ0) is 10.0. The van der Waals surface area contributed by atoms with Crippen molar-refractivity contribution >= 4 is 5.69 Å². The molecule has 0 aliphatic heterocycles. The van der Waals surface area contributed by atoms with Crippen LogP contribution >= 0.6 is 0 Å². The summed E-state index contributed by atoms with van der Waals surface area (Å²) < 4.78 is 0. The topological polar surface area (TPSA) is 63.4 Å². The molecule has 0 bridgehead atoms. The van der Waals surface area contributed by atoms with Crippen molar-refractivity contribution in [3.63, 3.8) is 0 Å². The molecule has 4 heteroatoms. The second-order valence-electron chi connectivity index (χ2n) is 2.97. The van der Waals surface area contributed by atoms with Crippen molar-refractivity contribution in [2.24, 2.45) is 0 Å². The van der Waals surface area contributed by atoms with Crippen LogP contribution in [0.5, 0.6) is 0 Å². The first-order valence-electron chi connectivity index (χ1n) is 3.95. The third-order valence-corrected chi connectivity index (χ3v) is 1.92. The summed E-state index contributed by atoms with van der Waals surface area (Å²) in [4.78, 5) is 9.94. The van der Waals surface area contributed by atoms with Crippen molar-refractivity contribution in [3.8, 4) is 0 Å². The van der Waals surface area contributed by atoms with Crippen LogP contribution in [0.15, 0.2) is 18.2 Å². The maximum atomic E-state index is 10.4. The highest BCUT2D eigenvalue weighted by molar-refractivity contribution is 5.40. The van der Waals surface area contributed by atoms with Crippen molar-refractivity contribution in [2.45, 2.75) is 20.0 Å². The standard InChI is InChI=1S/C9H11NO3/c1-6-3-4-8(10(12)13)5-9(6)7(2)11/h3-5,7,11H,1-2H3/t7-/m0/s1. The van der Waals surface area contributed by atoms with Gasteiger partial charge in [0.1, 0.15) is 0 Å². The van der Waals surface area contributed by atoms with Crippen molar-refractivity contribution in [2.75, 3.05) is 0 Å². The number of nitro groups is 1. The molecule has 1 aromatic carbocycles. The molecule has 1 N–H and O–H groups in total. The molecular weight excluding hydrogens is 170 g/mol. The lowest BCUT2D eigenvalue weighted by Crippen LogP contribution is -1.97. The Morgan fingerprint density at radius 2 is 2.15 bits per heavy atom. The summed E-state index contributed by atoms with van der Waals surface area (Å²) in [6.45, 7) is 3.40. The van der Waals surface area contributed by atoms with Crippen LogP contribution in [0.4, 0.5) is 5.69 Å². The Balaban J connectivity index is 3.19. The molecule has 0 spiro atoms. The molecule has 1 atom stereocenters. The summed E-state index contributed by atoms with van der Waals surface area (Å²) in [5.74, 6) is 0. The van der Waals surface area contributed by atoms with Crippen LogP contribution in [0, 0.1) is 17.0 Å². The van der Waals surface area contributed by atoms with Crippen molar-refractivity contribution in [1.29, 1.82) is 0 Å². The van der Waals surface area contributed by atoms with Gasteiger partial charge >= 0.3 is 0 Å². The third-order valence-electron chi connectivity index (χ3n) is 1.92. The van der Waals surface area contributed by atoms with Gasteiger partial charge in [-0.25, -0.2) is 0 Å². The van der Waals surface area contributed by atoms with Crippen LogP contribution in [-0.2, 0) is 0 Å². The number of non-ortho nitro benzene ring substituents is 1. The SMILES string of the molecule is Cc1ccc([N+](=O)[O-])cc1[C@H](C)O. The summed E-state index contributed by atoms with van der Waals surface area (Å²) in [5.41, 5.74) is 1.48. The molecule has 0 aliphatic carbocycles. The van der Waals surface area contributed by atoms with Gasteiger partial charge in [-0.15, -0.1) is 0 Å². The Kier molecular flexibility index (Phi) is 2.63. The first kappa shape index (κ1) is 9.67. The van der Waals surface area contributed by atoms with Gasteiger partial charge in [-0.3, -0.25) is 10.1 Å². The fourth-order valence-corrected chi connectivity index (χ4v) is 1.19. The number of nitrogens with zero attached hydrogens (tertiary/aromatic N) is 1. The van der Waals surface area contributed by atoms with Crippen LogP contribution in [0.3, 0.4) is 0 Å². The van der Waals surface area contributed by atoms with E-state index >= 15 is 0 Å². The summed E-state index contributed by atoms with van der Waals surface area (Å²) >= 11 is 0. The van der Waals surface area contributed by atoms with E-state index in [0.29, 0.717) is 5.56 Å². The van der Waals surface area contributed by atoms with Gasteiger partial charge in [-0.2, -0.15) is 0 Å². The lowest BCUT2D eigenvalue weighted by Gasteiger charge is -2.07. The number of aryl methyl sites for hydroxylation is 1. The Labute approximate surface area is 76.0 Å². The smallest absolute Gasteiger partial charge is 0.269 e. The molecule has 0 fully saturated rings. The monoisotopic (exact) mass is 181 g/mol. The van der Waals surface area contributed by atoms with Crippen molar-refractivity contribution < 1.29 is 10.0 Å².